The van der Waals surface area contributed by atoms with Gasteiger partial charge in [0.15, 0.2) is 0 Å². The Morgan fingerprint density at radius 2 is 1.90 bits per heavy atom. The minimum Gasteiger partial charge on any atom is -0.493 e. The number of rotatable bonds is 4. The van der Waals surface area contributed by atoms with E-state index in [-0.39, 0.29) is 0 Å². The van der Waals surface area contributed by atoms with Crippen LogP contribution < -0.4 is 10.1 Å². The van der Waals surface area contributed by atoms with E-state index in [0.29, 0.717) is 12.0 Å². The van der Waals surface area contributed by atoms with E-state index in [0.717, 1.165) is 30.6 Å². The number of para-hydroxylation sites is 1. The van der Waals surface area contributed by atoms with Crippen LogP contribution in [-0.4, -0.2) is 19.7 Å². The third kappa shape index (κ3) is 3.42. The zero-order valence-corrected chi connectivity index (χ0v) is 13.5. The van der Waals surface area contributed by atoms with Crippen molar-refractivity contribution >= 4 is 0 Å². The summed E-state index contributed by atoms with van der Waals surface area (Å²) in [5.41, 5.74) is 1.42. The van der Waals surface area contributed by atoms with Crippen LogP contribution in [0.5, 0.6) is 5.75 Å². The number of fused-ring (bicyclic) bond motifs is 1. The van der Waals surface area contributed by atoms with Crippen LogP contribution in [0.2, 0.25) is 0 Å². The van der Waals surface area contributed by atoms with E-state index in [9.17, 15) is 0 Å². The summed E-state index contributed by atoms with van der Waals surface area (Å²) < 4.78 is 5.81. The van der Waals surface area contributed by atoms with E-state index in [1.807, 2.05) is 0 Å². The van der Waals surface area contributed by atoms with Crippen molar-refractivity contribution in [3.63, 3.8) is 0 Å². The number of hydrogen-bond acceptors (Lipinski definition) is 2. The highest BCUT2D eigenvalue weighted by molar-refractivity contribution is 5.37. The van der Waals surface area contributed by atoms with Crippen molar-refractivity contribution in [1.82, 2.24) is 5.32 Å². The second-order valence-corrected chi connectivity index (χ2v) is 7.02. The highest BCUT2D eigenvalue weighted by Gasteiger charge is 2.29. The number of hydrogen-bond donors (Lipinski definition) is 1. The first kappa shape index (κ1) is 14.9. The Balaban J connectivity index is 1.67. The highest BCUT2D eigenvalue weighted by atomic mass is 16.5. The van der Waals surface area contributed by atoms with Crippen LogP contribution in [0.4, 0.5) is 0 Å². The minimum absolute atomic E-state index is 0.659. The standard InChI is InChI=1S/C19H29NO/c1-14-7-9-15(10-8-14)18(20-2)13-16-11-12-21-19-6-4-3-5-17(16)19/h3-6,14-16,18,20H,7-13H2,1-2H3. The molecule has 0 saturated heterocycles. The predicted octanol–water partition coefficient (Wildman–Crippen LogP) is 4.36. The third-order valence-electron chi connectivity index (χ3n) is 5.62. The fraction of sp³-hybridized carbons (Fsp3) is 0.684. The van der Waals surface area contributed by atoms with Gasteiger partial charge in [-0.05, 0) is 62.1 Å². The van der Waals surface area contributed by atoms with Crippen LogP contribution in [0, 0.1) is 11.8 Å². The molecule has 1 aromatic rings. The summed E-state index contributed by atoms with van der Waals surface area (Å²) in [6.45, 7) is 3.28. The quantitative estimate of drug-likeness (QED) is 0.888. The molecule has 2 unspecified atom stereocenters. The van der Waals surface area contributed by atoms with Crippen molar-refractivity contribution in [2.45, 2.75) is 57.4 Å². The molecule has 1 aromatic carbocycles. The number of nitrogens with one attached hydrogen (secondary N) is 1. The SMILES string of the molecule is CNC(CC1CCOc2ccccc21)C1CCC(C)CC1. The summed E-state index contributed by atoms with van der Waals surface area (Å²) >= 11 is 0. The first-order valence-corrected chi connectivity index (χ1v) is 8.67. The Labute approximate surface area is 129 Å². The molecule has 1 heterocycles. The molecule has 1 aliphatic heterocycles. The lowest BCUT2D eigenvalue weighted by molar-refractivity contribution is 0.204. The molecule has 0 amide bonds. The molecule has 0 bridgehead atoms. The molecule has 2 nitrogen and oxygen atoms in total. The van der Waals surface area contributed by atoms with Crippen LogP contribution in [0.25, 0.3) is 0 Å². The molecular formula is C19H29NO. The third-order valence-corrected chi connectivity index (χ3v) is 5.62. The normalized spacial score (nSPS) is 30.3. The molecule has 2 heteroatoms. The maximum Gasteiger partial charge on any atom is 0.122 e. The largest absolute Gasteiger partial charge is 0.493 e. The Morgan fingerprint density at radius 3 is 2.67 bits per heavy atom. The van der Waals surface area contributed by atoms with Gasteiger partial charge in [-0.25, -0.2) is 0 Å². The van der Waals surface area contributed by atoms with E-state index >= 15 is 0 Å². The van der Waals surface area contributed by atoms with E-state index in [1.54, 1.807) is 0 Å². The fourth-order valence-corrected chi connectivity index (χ4v) is 4.20. The van der Waals surface area contributed by atoms with E-state index < -0.39 is 0 Å². The first-order chi connectivity index (χ1) is 10.3. The molecule has 21 heavy (non-hydrogen) atoms. The fourth-order valence-electron chi connectivity index (χ4n) is 4.20. The molecule has 0 spiro atoms. The zero-order chi connectivity index (χ0) is 14.7. The molecule has 1 aliphatic carbocycles. The monoisotopic (exact) mass is 287 g/mol. The lowest BCUT2D eigenvalue weighted by Crippen LogP contribution is -2.37. The molecule has 0 radical (unpaired) electrons. The molecule has 1 N–H and O–H groups in total. The van der Waals surface area contributed by atoms with Gasteiger partial charge in [-0.1, -0.05) is 38.0 Å². The van der Waals surface area contributed by atoms with Crippen molar-refractivity contribution in [1.29, 1.82) is 0 Å². The lowest BCUT2D eigenvalue weighted by atomic mass is 9.75. The van der Waals surface area contributed by atoms with Crippen LogP contribution in [0.1, 0.15) is 56.9 Å². The van der Waals surface area contributed by atoms with Gasteiger partial charge in [0.1, 0.15) is 5.75 Å². The van der Waals surface area contributed by atoms with Gasteiger partial charge in [-0.2, -0.15) is 0 Å². The average Bonchev–Trinajstić information content (AvgIpc) is 2.54. The number of ether oxygens (including phenoxy) is 1. The molecule has 2 atom stereocenters. The molecule has 116 valence electrons. The smallest absolute Gasteiger partial charge is 0.122 e. The maximum atomic E-state index is 5.81. The Bertz CT molecular complexity index is 451. The second-order valence-electron chi connectivity index (χ2n) is 7.02. The number of benzene rings is 1. The van der Waals surface area contributed by atoms with Gasteiger partial charge >= 0.3 is 0 Å². The van der Waals surface area contributed by atoms with Crippen molar-refractivity contribution < 1.29 is 4.74 Å². The summed E-state index contributed by atoms with van der Waals surface area (Å²) in [7, 11) is 2.15. The van der Waals surface area contributed by atoms with Crippen molar-refractivity contribution in [2.75, 3.05) is 13.7 Å². The van der Waals surface area contributed by atoms with Gasteiger partial charge in [0.25, 0.3) is 0 Å². The molecule has 0 aromatic heterocycles. The summed E-state index contributed by atoms with van der Waals surface area (Å²) in [6, 6.07) is 9.28. The van der Waals surface area contributed by atoms with Crippen LogP contribution >= 0.6 is 0 Å². The van der Waals surface area contributed by atoms with E-state index in [2.05, 4.69) is 43.6 Å². The lowest BCUT2D eigenvalue weighted by Gasteiger charge is -2.36. The Hall–Kier alpha value is -1.02. The van der Waals surface area contributed by atoms with E-state index in [4.69, 9.17) is 4.74 Å². The summed E-state index contributed by atoms with van der Waals surface area (Å²) in [5, 5.41) is 3.62. The van der Waals surface area contributed by atoms with Gasteiger partial charge in [-0.3, -0.25) is 0 Å². The van der Waals surface area contributed by atoms with Crippen LogP contribution in [0.15, 0.2) is 24.3 Å². The topological polar surface area (TPSA) is 21.3 Å². The second kappa shape index (κ2) is 6.83. The van der Waals surface area contributed by atoms with Crippen molar-refractivity contribution in [2.24, 2.45) is 11.8 Å². The van der Waals surface area contributed by atoms with Gasteiger partial charge in [-0.15, -0.1) is 0 Å². The summed E-state index contributed by atoms with van der Waals surface area (Å²) in [5.74, 6) is 3.57. The predicted molar refractivity (Wildman–Crippen MR) is 87.9 cm³/mol. The molecule has 1 saturated carbocycles. The Morgan fingerprint density at radius 1 is 1.14 bits per heavy atom. The molecule has 3 rings (SSSR count). The van der Waals surface area contributed by atoms with Gasteiger partial charge < -0.3 is 10.1 Å². The van der Waals surface area contributed by atoms with E-state index in [1.165, 1.54) is 37.7 Å². The molecule has 2 aliphatic rings. The van der Waals surface area contributed by atoms with Crippen molar-refractivity contribution in [3.05, 3.63) is 29.8 Å². The highest BCUT2D eigenvalue weighted by Crippen LogP contribution is 2.39. The maximum absolute atomic E-state index is 5.81. The van der Waals surface area contributed by atoms with Crippen LogP contribution in [0.3, 0.4) is 0 Å². The Kier molecular flexibility index (Phi) is 4.84. The zero-order valence-electron chi connectivity index (χ0n) is 13.5. The van der Waals surface area contributed by atoms with Gasteiger partial charge in [0.05, 0.1) is 6.61 Å². The van der Waals surface area contributed by atoms with Crippen LogP contribution in [-0.2, 0) is 0 Å². The summed E-state index contributed by atoms with van der Waals surface area (Å²) in [6.07, 6.45) is 8.05. The summed E-state index contributed by atoms with van der Waals surface area (Å²) in [4.78, 5) is 0. The average molecular weight is 287 g/mol. The van der Waals surface area contributed by atoms with Crippen molar-refractivity contribution in [3.8, 4) is 5.75 Å². The first-order valence-electron chi connectivity index (χ1n) is 8.67. The molecule has 1 fully saturated rings. The molecular weight excluding hydrogens is 258 g/mol. The van der Waals surface area contributed by atoms with Gasteiger partial charge in [0, 0.05) is 6.04 Å². The minimum atomic E-state index is 0.659. The van der Waals surface area contributed by atoms with Gasteiger partial charge in [0.2, 0.25) is 0 Å².